The number of carbonyl (C=O) groups is 1. The molecule has 1 aromatic rings. The first kappa shape index (κ1) is 20.0. The lowest BCUT2D eigenvalue weighted by atomic mass is 10.0. The summed E-state index contributed by atoms with van der Waals surface area (Å²) in [4.78, 5) is 20.9. The van der Waals surface area contributed by atoms with Crippen LogP contribution in [0.4, 0.5) is 0 Å². The smallest absolute Gasteiger partial charge is 0.243 e. The Morgan fingerprint density at radius 1 is 1.24 bits per heavy atom. The molecule has 7 nitrogen and oxygen atoms in total. The second kappa shape index (κ2) is 8.61. The molecule has 29 heavy (non-hydrogen) atoms. The Kier molecular flexibility index (Phi) is 5.94. The predicted octanol–water partition coefficient (Wildman–Crippen LogP) is 1.76. The average molecular weight is 400 g/mol. The number of fused-ring (bicyclic) bond motifs is 1. The minimum Gasteiger partial charge on any atom is -0.493 e. The van der Waals surface area contributed by atoms with Gasteiger partial charge in [0.2, 0.25) is 5.91 Å². The van der Waals surface area contributed by atoms with E-state index in [0.717, 1.165) is 42.7 Å². The molecule has 0 bridgehead atoms. The minimum atomic E-state index is -0.00197. The third-order valence-electron chi connectivity index (χ3n) is 6.12. The number of ether oxygens (including phenoxy) is 1. The Morgan fingerprint density at radius 2 is 2.03 bits per heavy atom. The molecule has 158 valence electrons. The van der Waals surface area contributed by atoms with Crippen LogP contribution in [0, 0.1) is 0 Å². The Bertz CT molecular complexity index is 761. The molecule has 2 N–H and O–H groups in total. The molecule has 3 aliphatic rings. The lowest BCUT2D eigenvalue weighted by Crippen LogP contribution is -2.47. The maximum atomic E-state index is 12.1. The Labute approximate surface area is 173 Å². The summed E-state index contributed by atoms with van der Waals surface area (Å²) >= 11 is 0. The van der Waals surface area contributed by atoms with Gasteiger partial charge < -0.3 is 20.3 Å². The van der Waals surface area contributed by atoms with Gasteiger partial charge in [0.1, 0.15) is 12.3 Å². The van der Waals surface area contributed by atoms with E-state index in [1.54, 1.807) is 19.0 Å². The van der Waals surface area contributed by atoms with E-state index in [9.17, 15) is 4.79 Å². The molecule has 1 aliphatic carbocycles. The third kappa shape index (κ3) is 4.83. The third-order valence-corrected chi connectivity index (χ3v) is 6.12. The topological polar surface area (TPSA) is 69.2 Å². The van der Waals surface area contributed by atoms with E-state index in [-0.39, 0.29) is 18.5 Å². The standard InChI is InChI=1S/C22H33N5O2/c1-15-12-16(14-27(15)17-8-9-17)24-22(23-13-21(28)26(2)3)25-19-10-11-29-20-7-5-4-6-18(19)20/h4-7,15-17,19H,8-14H2,1-3H3,(H2,23,24,25). The first-order valence-electron chi connectivity index (χ1n) is 10.8. The van der Waals surface area contributed by atoms with Gasteiger partial charge in [-0.2, -0.15) is 0 Å². The largest absolute Gasteiger partial charge is 0.493 e. The first-order valence-corrected chi connectivity index (χ1v) is 10.8. The molecule has 1 saturated heterocycles. The molecule has 1 aromatic carbocycles. The zero-order valence-corrected chi connectivity index (χ0v) is 17.7. The van der Waals surface area contributed by atoms with Crippen molar-refractivity contribution in [1.29, 1.82) is 0 Å². The molecule has 3 unspecified atom stereocenters. The maximum absolute atomic E-state index is 12.1. The molecular weight excluding hydrogens is 366 g/mol. The van der Waals surface area contributed by atoms with Crippen LogP contribution in [0.3, 0.4) is 0 Å². The van der Waals surface area contributed by atoms with Gasteiger partial charge in [0, 0.05) is 50.7 Å². The van der Waals surface area contributed by atoms with E-state index in [1.165, 1.54) is 12.8 Å². The fourth-order valence-corrected chi connectivity index (χ4v) is 4.35. The number of aliphatic imine (C=N–C) groups is 1. The Hall–Kier alpha value is -2.28. The molecule has 3 atom stereocenters. The van der Waals surface area contributed by atoms with Gasteiger partial charge in [0.15, 0.2) is 5.96 Å². The van der Waals surface area contributed by atoms with Crippen molar-refractivity contribution < 1.29 is 9.53 Å². The molecular formula is C22H33N5O2. The molecule has 2 fully saturated rings. The van der Waals surface area contributed by atoms with Gasteiger partial charge in [-0.1, -0.05) is 18.2 Å². The molecule has 0 spiro atoms. The number of likely N-dealkylation sites (N-methyl/N-ethyl adjacent to an activating group) is 1. The zero-order valence-electron chi connectivity index (χ0n) is 17.7. The quantitative estimate of drug-likeness (QED) is 0.583. The van der Waals surface area contributed by atoms with Crippen LogP contribution in [0.5, 0.6) is 5.75 Å². The predicted molar refractivity (Wildman–Crippen MR) is 114 cm³/mol. The molecule has 4 rings (SSSR count). The van der Waals surface area contributed by atoms with Crippen molar-refractivity contribution in [1.82, 2.24) is 20.4 Å². The van der Waals surface area contributed by atoms with Crippen molar-refractivity contribution in [2.45, 2.75) is 56.8 Å². The highest BCUT2D eigenvalue weighted by Crippen LogP contribution is 2.34. The molecule has 2 heterocycles. The van der Waals surface area contributed by atoms with Gasteiger partial charge in [-0.15, -0.1) is 0 Å². The minimum absolute atomic E-state index is 0.00197. The number of likely N-dealkylation sites (tertiary alicyclic amines) is 1. The number of rotatable bonds is 5. The summed E-state index contributed by atoms with van der Waals surface area (Å²) in [5, 5.41) is 7.19. The molecule has 0 aromatic heterocycles. The first-order chi connectivity index (χ1) is 14.0. The fraction of sp³-hybridized carbons (Fsp3) is 0.636. The molecule has 7 heteroatoms. The normalized spacial score (nSPS) is 27.1. The lowest BCUT2D eigenvalue weighted by Gasteiger charge is -2.29. The highest BCUT2D eigenvalue weighted by molar-refractivity contribution is 5.85. The van der Waals surface area contributed by atoms with E-state index in [0.29, 0.717) is 18.7 Å². The highest BCUT2D eigenvalue weighted by Gasteiger charge is 2.39. The van der Waals surface area contributed by atoms with Crippen molar-refractivity contribution in [2.75, 3.05) is 33.8 Å². The summed E-state index contributed by atoms with van der Waals surface area (Å²) in [6.45, 7) is 4.17. The van der Waals surface area contributed by atoms with Crippen LogP contribution in [0.1, 0.15) is 44.2 Å². The van der Waals surface area contributed by atoms with Crippen LogP contribution in [0.2, 0.25) is 0 Å². The molecule has 1 saturated carbocycles. The fourth-order valence-electron chi connectivity index (χ4n) is 4.35. The van der Waals surface area contributed by atoms with Crippen LogP contribution >= 0.6 is 0 Å². The number of nitrogens with one attached hydrogen (secondary N) is 2. The summed E-state index contributed by atoms with van der Waals surface area (Å²) in [6, 6.07) is 9.97. The number of hydrogen-bond acceptors (Lipinski definition) is 4. The number of para-hydroxylation sites is 1. The van der Waals surface area contributed by atoms with Gasteiger partial charge in [0.25, 0.3) is 0 Å². The number of benzene rings is 1. The lowest BCUT2D eigenvalue weighted by molar-refractivity contribution is -0.127. The number of guanidine groups is 1. The van der Waals surface area contributed by atoms with Crippen LogP contribution < -0.4 is 15.4 Å². The van der Waals surface area contributed by atoms with Crippen LogP contribution in [0.25, 0.3) is 0 Å². The van der Waals surface area contributed by atoms with E-state index in [1.807, 2.05) is 18.2 Å². The van der Waals surface area contributed by atoms with Crippen LogP contribution in [-0.4, -0.2) is 73.6 Å². The Balaban J connectivity index is 1.47. The van der Waals surface area contributed by atoms with Crippen molar-refractivity contribution in [2.24, 2.45) is 4.99 Å². The second-order valence-corrected chi connectivity index (χ2v) is 8.68. The monoisotopic (exact) mass is 399 g/mol. The van der Waals surface area contributed by atoms with E-state index < -0.39 is 0 Å². The Morgan fingerprint density at radius 3 is 2.79 bits per heavy atom. The van der Waals surface area contributed by atoms with Gasteiger partial charge in [-0.3, -0.25) is 9.69 Å². The van der Waals surface area contributed by atoms with Gasteiger partial charge >= 0.3 is 0 Å². The summed E-state index contributed by atoms with van der Waals surface area (Å²) in [5.74, 6) is 1.64. The van der Waals surface area contributed by atoms with Crippen LogP contribution in [0.15, 0.2) is 29.3 Å². The number of hydrogen-bond donors (Lipinski definition) is 2. The van der Waals surface area contributed by atoms with Gasteiger partial charge in [-0.05, 0) is 32.3 Å². The number of nitrogens with zero attached hydrogens (tertiary/aromatic N) is 3. The summed E-state index contributed by atoms with van der Waals surface area (Å²) in [6.07, 6.45) is 4.62. The van der Waals surface area contributed by atoms with Crippen molar-refractivity contribution in [3.63, 3.8) is 0 Å². The average Bonchev–Trinajstić information content (AvgIpc) is 3.49. The molecule has 2 aliphatic heterocycles. The van der Waals surface area contributed by atoms with Gasteiger partial charge in [-0.25, -0.2) is 4.99 Å². The zero-order chi connectivity index (χ0) is 20.4. The highest BCUT2D eigenvalue weighted by atomic mass is 16.5. The van der Waals surface area contributed by atoms with Crippen LogP contribution in [-0.2, 0) is 4.79 Å². The SMILES string of the molecule is CC1CC(NC(=NCC(=O)N(C)C)NC2CCOc3ccccc32)CN1C1CC1. The molecule has 0 radical (unpaired) electrons. The van der Waals surface area contributed by atoms with Gasteiger partial charge in [0.05, 0.1) is 12.6 Å². The number of carbonyl (C=O) groups excluding carboxylic acids is 1. The maximum Gasteiger partial charge on any atom is 0.243 e. The van der Waals surface area contributed by atoms with E-state index >= 15 is 0 Å². The summed E-state index contributed by atoms with van der Waals surface area (Å²) < 4.78 is 5.79. The summed E-state index contributed by atoms with van der Waals surface area (Å²) in [5.41, 5.74) is 1.14. The number of amides is 1. The van der Waals surface area contributed by atoms with E-state index in [4.69, 9.17) is 4.74 Å². The van der Waals surface area contributed by atoms with Crippen molar-refractivity contribution in [3.05, 3.63) is 29.8 Å². The van der Waals surface area contributed by atoms with Crippen molar-refractivity contribution in [3.8, 4) is 5.75 Å². The van der Waals surface area contributed by atoms with Crippen molar-refractivity contribution >= 4 is 11.9 Å². The summed E-state index contributed by atoms with van der Waals surface area (Å²) in [7, 11) is 3.53. The second-order valence-electron chi connectivity index (χ2n) is 8.68. The molecule has 1 amide bonds. The van der Waals surface area contributed by atoms with E-state index in [2.05, 4.69) is 33.5 Å².